The lowest BCUT2D eigenvalue weighted by Crippen LogP contribution is -2.43. The van der Waals surface area contributed by atoms with E-state index in [-0.39, 0.29) is 6.42 Å². The van der Waals surface area contributed by atoms with Crippen LogP contribution in [-0.2, 0) is 9.53 Å². The van der Waals surface area contributed by atoms with Crippen LogP contribution in [0.25, 0.3) is 0 Å². The Morgan fingerprint density at radius 2 is 2.00 bits per heavy atom. The van der Waals surface area contributed by atoms with E-state index in [9.17, 15) is 9.59 Å². The van der Waals surface area contributed by atoms with Crippen LogP contribution in [0.1, 0.15) is 34.1 Å². The lowest BCUT2D eigenvalue weighted by molar-refractivity contribution is -0.157. The van der Waals surface area contributed by atoms with Crippen molar-refractivity contribution in [3.63, 3.8) is 0 Å². The molecule has 0 aromatic carbocycles. The highest BCUT2D eigenvalue weighted by Crippen LogP contribution is 2.09. The van der Waals surface area contributed by atoms with Gasteiger partial charge in [-0.15, -0.1) is 11.8 Å². The van der Waals surface area contributed by atoms with Gasteiger partial charge in [-0.25, -0.2) is 9.59 Å². The van der Waals surface area contributed by atoms with E-state index in [1.54, 1.807) is 27.7 Å². The maximum absolute atomic E-state index is 11.6. The van der Waals surface area contributed by atoms with Gasteiger partial charge in [0.15, 0.2) is 0 Å². The van der Waals surface area contributed by atoms with Crippen LogP contribution in [0.15, 0.2) is 0 Å². The minimum atomic E-state index is -1.27. The summed E-state index contributed by atoms with van der Waals surface area (Å²) in [6.45, 7) is 6.77. The second kappa shape index (κ2) is 6.01. The lowest BCUT2D eigenvalue weighted by atomic mass is 10.1. The van der Waals surface area contributed by atoms with E-state index in [1.807, 2.05) is 0 Å². The number of nitrogens with one attached hydrogen (secondary N) is 1. The number of ether oxygens (including phenoxy) is 1. The van der Waals surface area contributed by atoms with Crippen LogP contribution < -0.4 is 5.32 Å². The van der Waals surface area contributed by atoms with Gasteiger partial charge >= 0.3 is 12.1 Å². The Morgan fingerprint density at radius 1 is 1.44 bits per heavy atom. The predicted molar refractivity (Wildman–Crippen MR) is 58.9 cm³/mol. The van der Waals surface area contributed by atoms with Gasteiger partial charge in [0.25, 0.3) is 0 Å². The van der Waals surface area contributed by atoms with Crippen LogP contribution in [0.5, 0.6) is 0 Å². The molecular weight excluding hydrogens is 210 g/mol. The number of amides is 1. The molecule has 2 N–H and O–H groups in total. The van der Waals surface area contributed by atoms with E-state index in [2.05, 4.69) is 17.2 Å². The summed E-state index contributed by atoms with van der Waals surface area (Å²) in [5, 5.41) is 10.6. The van der Waals surface area contributed by atoms with E-state index < -0.39 is 23.7 Å². The van der Waals surface area contributed by atoms with Gasteiger partial charge in [-0.2, -0.15) is 0 Å². The summed E-state index contributed by atoms with van der Waals surface area (Å²) in [7, 11) is 0. The molecular formula is C11H17NO4. The first-order chi connectivity index (χ1) is 7.26. The fourth-order valence-electron chi connectivity index (χ4n) is 0.919. The molecule has 0 spiro atoms. The standard InChI is InChI=1S/C11H17NO4/c1-5-6-7-8(12-10(14)15)9(13)16-11(2,3)4/h8,12H,7H2,1-4H3,(H,14,15). The SMILES string of the molecule is CC#CCC(NC(=O)O)C(=O)OC(C)(C)C. The summed E-state index contributed by atoms with van der Waals surface area (Å²) < 4.78 is 5.07. The third-order valence-corrected chi connectivity index (χ3v) is 1.47. The topological polar surface area (TPSA) is 75.6 Å². The molecule has 0 saturated heterocycles. The van der Waals surface area contributed by atoms with Crippen LogP contribution in [0.3, 0.4) is 0 Å². The van der Waals surface area contributed by atoms with Crippen molar-refractivity contribution in [3.8, 4) is 11.8 Å². The molecule has 1 atom stereocenters. The molecule has 16 heavy (non-hydrogen) atoms. The van der Waals surface area contributed by atoms with Gasteiger partial charge in [-0.05, 0) is 27.7 Å². The molecule has 0 heterocycles. The van der Waals surface area contributed by atoms with Crippen LogP contribution in [-0.4, -0.2) is 28.8 Å². The number of carboxylic acid groups (broad SMARTS) is 1. The van der Waals surface area contributed by atoms with Crippen molar-refractivity contribution in [2.45, 2.75) is 45.8 Å². The summed E-state index contributed by atoms with van der Waals surface area (Å²) in [5.41, 5.74) is -0.644. The second-order valence-electron chi connectivity index (χ2n) is 4.17. The van der Waals surface area contributed by atoms with Crippen LogP contribution in [0.4, 0.5) is 4.79 Å². The molecule has 0 aromatic heterocycles. The zero-order chi connectivity index (χ0) is 12.8. The molecule has 1 unspecified atom stereocenters. The zero-order valence-electron chi connectivity index (χ0n) is 9.96. The fraction of sp³-hybridized carbons (Fsp3) is 0.636. The van der Waals surface area contributed by atoms with Crippen molar-refractivity contribution < 1.29 is 19.4 Å². The average Bonchev–Trinajstić information content (AvgIpc) is 2.08. The van der Waals surface area contributed by atoms with Crippen LogP contribution >= 0.6 is 0 Å². The first-order valence-electron chi connectivity index (χ1n) is 4.88. The molecule has 5 nitrogen and oxygen atoms in total. The number of rotatable bonds is 3. The molecule has 0 bridgehead atoms. The quantitative estimate of drug-likeness (QED) is 0.564. The highest BCUT2D eigenvalue weighted by molar-refractivity contribution is 5.81. The summed E-state index contributed by atoms with van der Waals surface area (Å²) in [6.07, 6.45) is -1.16. The number of esters is 1. The third-order valence-electron chi connectivity index (χ3n) is 1.47. The fourth-order valence-corrected chi connectivity index (χ4v) is 0.919. The van der Waals surface area contributed by atoms with Gasteiger partial charge in [-0.3, -0.25) is 0 Å². The maximum atomic E-state index is 11.6. The Hall–Kier alpha value is -1.70. The molecule has 1 amide bonds. The van der Waals surface area contributed by atoms with Crippen LogP contribution in [0, 0.1) is 11.8 Å². The first kappa shape index (κ1) is 14.3. The van der Waals surface area contributed by atoms with E-state index in [0.717, 1.165) is 0 Å². The molecule has 0 fully saturated rings. The monoisotopic (exact) mass is 227 g/mol. The Kier molecular flexibility index (Phi) is 5.37. The number of carbonyl (C=O) groups excluding carboxylic acids is 1. The summed E-state index contributed by atoms with van der Waals surface area (Å²) in [5.74, 6) is 4.63. The van der Waals surface area contributed by atoms with E-state index >= 15 is 0 Å². The Labute approximate surface area is 95.2 Å². The van der Waals surface area contributed by atoms with Gasteiger partial charge in [0.05, 0.1) is 0 Å². The smallest absolute Gasteiger partial charge is 0.405 e. The molecule has 0 aliphatic rings. The highest BCUT2D eigenvalue weighted by atomic mass is 16.6. The maximum Gasteiger partial charge on any atom is 0.405 e. The Balaban J connectivity index is 4.53. The largest absolute Gasteiger partial charge is 0.465 e. The summed E-state index contributed by atoms with van der Waals surface area (Å²) >= 11 is 0. The van der Waals surface area contributed by atoms with Crippen molar-refractivity contribution >= 4 is 12.1 Å². The second-order valence-corrected chi connectivity index (χ2v) is 4.17. The predicted octanol–water partition coefficient (Wildman–Crippen LogP) is 1.38. The van der Waals surface area contributed by atoms with Crippen molar-refractivity contribution in [2.24, 2.45) is 0 Å². The number of hydrogen-bond donors (Lipinski definition) is 2. The minimum absolute atomic E-state index is 0.109. The van der Waals surface area contributed by atoms with Crippen molar-refractivity contribution in [3.05, 3.63) is 0 Å². The van der Waals surface area contributed by atoms with E-state index in [0.29, 0.717) is 0 Å². The molecule has 0 aromatic rings. The van der Waals surface area contributed by atoms with Gasteiger partial charge < -0.3 is 15.2 Å². The molecule has 0 saturated carbocycles. The van der Waals surface area contributed by atoms with Gasteiger partial charge in [0, 0.05) is 6.42 Å². The van der Waals surface area contributed by atoms with Gasteiger partial charge in [0.1, 0.15) is 11.6 Å². The van der Waals surface area contributed by atoms with E-state index in [4.69, 9.17) is 9.84 Å². The Bertz CT molecular complexity index is 319. The molecule has 0 radical (unpaired) electrons. The number of hydrogen-bond acceptors (Lipinski definition) is 3. The summed E-state index contributed by atoms with van der Waals surface area (Å²) in [4.78, 5) is 22.1. The zero-order valence-corrected chi connectivity index (χ0v) is 9.96. The first-order valence-corrected chi connectivity index (χ1v) is 4.88. The third kappa shape index (κ3) is 6.71. The normalized spacial score (nSPS) is 12.0. The van der Waals surface area contributed by atoms with Gasteiger partial charge in [0.2, 0.25) is 0 Å². The van der Waals surface area contributed by atoms with Crippen molar-refractivity contribution in [1.29, 1.82) is 0 Å². The molecule has 0 rings (SSSR count). The molecule has 0 aliphatic heterocycles. The van der Waals surface area contributed by atoms with Crippen LogP contribution in [0.2, 0.25) is 0 Å². The van der Waals surface area contributed by atoms with E-state index in [1.165, 1.54) is 0 Å². The molecule has 0 aliphatic carbocycles. The minimum Gasteiger partial charge on any atom is -0.465 e. The average molecular weight is 227 g/mol. The van der Waals surface area contributed by atoms with Gasteiger partial charge in [-0.1, -0.05) is 0 Å². The number of carbonyl (C=O) groups is 2. The highest BCUT2D eigenvalue weighted by Gasteiger charge is 2.25. The van der Waals surface area contributed by atoms with Crippen molar-refractivity contribution in [2.75, 3.05) is 0 Å². The lowest BCUT2D eigenvalue weighted by Gasteiger charge is -2.22. The molecule has 90 valence electrons. The molecule has 5 heteroatoms. The Morgan fingerprint density at radius 3 is 2.38 bits per heavy atom. The van der Waals surface area contributed by atoms with Crippen molar-refractivity contribution in [1.82, 2.24) is 5.32 Å². The summed E-state index contributed by atoms with van der Waals surface area (Å²) in [6, 6.07) is -0.941.